The molecule has 1 aliphatic rings. The van der Waals surface area contributed by atoms with E-state index in [0.717, 1.165) is 11.1 Å². The number of aromatic nitrogens is 2. The van der Waals surface area contributed by atoms with Crippen molar-refractivity contribution in [3.8, 4) is 16.9 Å². The summed E-state index contributed by atoms with van der Waals surface area (Å²) in [5, 5.41) is 29.8. The minimum absolute atomic E-state index is 0.0676. The molecule has 3 unspecified atom stereocenters. The first-order chi connectivity index (χ1) is 15.7. The minimum atomic E-state index is -0.772. The quantitative estimate of drug-likeness (QED) is 0.466. The first kappa shape index (κ1) is 24.7. The van der Waals surface area contributed by atoms with E-state index in [9.17, 15) is 29.7 Å². The van der Waals surface area contributed by atoms with Gasteiger partial charge < -0.3 is 15.3 Å². The number of carbonyl (C=O) groups is 3. The largest absolute Gasteiger partial charge is 0.507 e. The average Bonchev–Trinajstić information content (AvgIpc) is 2.74. The van der Waals surface area contributed by atoms with Crippen molar-refractivity contribution in [2.75, 3.05) is 13.2 Å². The molecule has 1 aliphatic carbocycles. The summed E-state index contributed by atoms with van der Waals surface area (Å²) in [6.45, 7) is 2.52. The lowest BCUT2D eigenvalue weighted by Gasteiger charge is -2.31. The molecule has 0 aliphatic heterocycles. The van der Waals surface area contributed by atoms with Crippen LogP contribution in [0.15, 0.2) is 24.5 Å². The summed E-state index contributed by atoms with van der Waals surface area (Å²) in [4.78, 5) is 45.4. The van der Waals surface area contributed by atoms with Gasteiger partial charge in [0.05, 0.1) is 18.6 Å². The van der Waals surface area contributed by atoms with Crippen molar-refractivity contribution >= 4 is 17.3 Å². The van der Waals surface area contributed by atoms with Crippen molar-refractivity contribution in [2.45, 2.75) is 46.0 Å². The van der Waals surface area contributed by atoms with Crippen molar-refractivity contribution in [3.63, 3.8) is 0 Å². The van der Waals surface area contributed by atoms with E-state index in [-0.39, 0.29) is 60.8 Å². The molecule has 0 fully saturated rings. The molecule has 3 rings (SSSR count). The molecule has 8 heteroatoms. The molecule has 8 nitrogen and oxygen atoms in total. The Kier molecular flexibility index (Phi) is 8.05. The number of phenolic OH excluding ortho intramolecular Hbond substituents is 1. The number of aryl methyl sites for hydroxylation is 1. The maximum absolute atomic E-state index is 13.0. The predicted molar refractivity (Wildman–Crippen MR) is 121 cm³/mol. The Balaban J connectivity index is 1.91. The number of nitrogens with zero attached hydrogens (tertiary/aromatic N) is 2. The van der Waals surface area contributed by atoms with Gasteiger partial charge in [-0.05, 0) is 62.1 Å². The number of benzene rings is 1. The number of carbonyl (C=O) groups excluding carboxylic acids is 3. The monoisotopic (exact) mass is 454 g/mol. The zero-order valence-corrected chi connectivity index (χ0v) is 19.0. The van der Waals surface area contributed by atoms with Crippen LogP contribution in [0.4, 0.5) is 0 Å². The van der Waals surface area contributed by atoms with Gasteiger partial charge in [-0.1, -0.05) is 6.07 Å². The molecule has 0 amide bonds. The van der Waals surface area contributed by atoms with E-state index in [4.69, 9.17) is 0 Å². The normalized spacial score (nSPS) is 17.3. The molecule has 2 aromatic rings. The maximum atomic E-state index is 13.0. The zero-order valence-electron chi connectivity index (χ0n) is 19.0. The van der Waals surface area contributed by atoms with Gasteiger partial charge in [-0.25, -0.2) is 9.97 Å². The SMILES string of the molecule is CC(=O)CC(=O)C(CO)C(CCO)CC1CC(=O)c2c(O)ccc(-c3cnc(C)nc3)c2C1. The van der Waals surface area contributed by atoms with Crippen LogP contribution in [0.2, 0.25) is 0 Å². The van der Waals surface area contributed by atoms with Gasteiger partial charge in [0.15, 0.2) is 5.78 Å². The van der Waals surface area contributed by atoms with E-state index in [1.807, 2.05) is 0 Å². The van der Waals surface area contributed by atoms with Crippen LogP contribution in [-0.4, -0.2) is 55.9 Å². The van der Waals surface area contributed by atoms with Crippen LogP contribution in [0.1, 0.15) is 54.4 Å². The standard InChI is InChI=1S/C25H30N2O6/c1-14(30)7-23(32)21(13-29)17(5-6-28)8-16-9-20-19(18-11-26-15(2)27-12-18)3-4-22(31)25(20)24(33)10-16/h3-4,11-12,16-17,21,28-29,31H,5-10,13H2,1-2H3. The van der Waals surface area contributed by atoms with Crippen LogP contribution in [0, 0.1) is 24.7 Å². The number of aliphatic hydroxyl groups excluding tert-OH is 2. The molecule has 1 aromatic carbocycles. The van der Waals surface area contributed by atoms with Gasteiger partial charge in [-0.2, -0.15) is 0 Å². The van der Waals surface area contributed by atoms with Crippen LogP contribution in [-0.2, 0) is 16.0 Å². The second-order valence-electron chi connectivity index (χ2n) is 8.84. The van der Waals surface area contributed by atoms with E-state index < -0.39 is 12.5 Å². The molecule has 3 N–H and O–H groups in total. The molecule has 1 heterocycles. The van der Waals surface area contributed by atoms with Gasteiger partial charge in [0, 0.05) is 36.9 Å². The molecule has 1 aromatic heterocycles. The second kappa shape index (κ2) is 10.8. The fourth-order valence-corrected chi connectivity index (χ4v) is 4.82. The smallest absolute Gasteiger partial charge is 0.167 e. The van der Waals surface area contributed by atoms with Crippen LogP contribution < -0.4 is 0 Å². The highest BCUT2D eigenvalue weighted by Gasteiger charge is 2.35. The maximum Gasteiger partial charge on any atom is 0.167 e. The molecule has 0 radical (unpaired) electrons. The Morgan fingerprint density at radius 2 is 1.85 bits per heavy atom. The minimum Gasteiger partial charge on any atom is -0.507 e. The van der Waals surface area contributed by atoms with Crippen molar-refractivity contribution in [3.05, 3.63) is 41.5 Å². The zero-order chi connectivity index (χ0) is 24.1. The van der Waals surface area contributed by atoms with E-state index in [1.165, 1.54) is 13.0 Å². The Bertz CT molecular complexity index is 1030. The summed E-state index contributed by atoms with van der Waals surface area (Å²) in [5.41, 5.74) is 2.52. The highest BCUT2D eigenvalue weighted by atomic mass is 16.3. The molecule has 0 bridgehead atoms. The Morgan fingerprint density at radius 1 is 1.15 bits per heavy atom. The van der Waals surface area contributed by atoms with Crippen LogP contribution >= 0.6 is 0 Å². The topological polar surface area (TPSA) is 138 Å². The number of aliphatic hydroxyl groups is 2. The third kappa shape index (κ3) is 5.69. The van der Waals surface area contributed by atoms with E-state index in [1.54, 1.807) is 25.4 Å². The second-order valence-corrected chi connectivity index (χ2v) is 8.84. The first-order valence-electron chi connectivity index (χ1n) is 11.2. The van der Waals surface area contributed by atoms with Gasteiger partial charge >= 0.3 is 0 Å². The lowest BCUT2D eigenvalue weighted by molar-refractivity contribution is -0.131. The van der Waals surface area contributed by atoms with Crippen molar-refractivity contribution < 1.29 is 29.7 Å². The summed E-state index contributed by atoms with van der Waals surface area (Å²) in [6, 6.07) is 3.25. The molecule has 176 valence electrons. The highest BCUT2D eigenvalue weighted by molar-refractivity contribution is 6.03. The molecule has 0 saturated heterocycles. The number of hydrogen-bond donors (Lipinski definition) is 3. The van der Waals surface area contributed by atoms with Crippen LogP contribution in [0.5, 0.6) is 5.75 Å². The van der Waals surface area contributed by atoms with Gasteiger partial charge in [0.2, 0.25) is 0 Å². The fourth-order valence-electron chi connectivity index (χ4n) is 4.82. The number of phenols is 1. The number of fused-ring (bicyclic) bond motifs is 1. The predicted octanol–water partition coefficient (Wildman–Crippen LogP) is 2.45. The van der Waals surface area contributed by atoms with E-state index >= 15 is 0 Å². The molecule has 0 spiro atoms. The summed E-state index contributed by atoms with van der Waals surface area (Å²) in [6.07, 6.45) is 4.49. The lowest BCUT2D eigenvalue weighted by atomic mass is 9.72. The van der Waals surface area contributed by atoms with E-state index in [2.05, 4.69) is 9.97 Å². The Labute approximate surface area is 192 Å². The molecular weight excluding hydrogens is 424 g/mol. The third-order valence-electron chi connectivity index (χ3n) is 6.37. The van der Waals surface area contributed by atoms with Gasteiger partial charge in [-0.15, -0.1) is 0 Å². The summed E-state index contributed by atoms with van der Waals surface area (Å²) in [7, 11) is 0. The number of ketones is 3. The molecular formula is C25H30N2O6. The van der Waals surface area contributed by atoms with Crippen molar-refractivity contribution in [2.24, 2.45) is 17.8 Å². The van der Waals surface area contributed by atoms with Gasteiger partial charge in [-0.3, -0.25) is 14.4 Å². The number of aromatic hydroxyl groups is 1. The van der Waals surface area contributed by atoms with Crippen LogP contribution in [0.3, 0.4) is 0 Å². The Morgan fingerprint density at radius 3 is 2.45 bits per heavy atom. The number of Topliss-reactive ketones (excluding diaryl/α,β-unsaturated/α-hetero) is 3. The third-order valence-corrected chi connectivity index (χ3v) is 6.37. The van der Waals surface area contributed by atoms with E-state index in [0.29, 0.717) is 29.8 Å². The summed E-state index contributed by atoms with van der Waals surface area (Å²) < 4.78 is 0. The van der Waals surface area contributed by atoms with Gasteiger partial charge in [0.1, 0.15) is 23.1 Å². The summed E-state index contributed by atoms with van der Waals surface area (Å²) in [5.74, 6) is -1.54. The Hall–Kier alpha value is -2.97. The average molecular weight is 455 g/mol. The highest BCUT2D eigenvalue weighted by Crippen LogP contribution is 2.40. The number of rotatable bonds is 10. The van der Waals surface area contributed by atoms with Crippen molar-refractivity contribution in [1.82, 2.24) is 9.97 Å². The van der Waals surface area contributed by atoms with Gasteiger partial charge in [0.25, 0.3) is 0 Å². The molecule has 3 atom stereocenters. The van der Waals surface area contributed by atoms with Crippen molar-refractivity contribution in [1.29, 1.82) is 0 Å². The lowest BCUT2D eigenvalue weighted by Crippen LogP contribution is -2.32. The van der Waals surface area contributed by atoms with Crippen LogP contribution in [0.25, 0.3) is 11.1 Å². The fraction of sp³-hybridized carbons (Fsp3) is 0.480. The first-order valence-corrected chi connectivity index (χ1v) is 11.2. The number of hydrogen-bond acceptors (Lipinski definition) is 8. The molecule has 33 heavy (non-hydrogen) atoms. The summed E-state index contributed by atoms with van der Waals surface area (Å²) >= 11 is 0. The molecule has 0 saturated carbocycles.